The number of hydrogen-bond donors (Lipinski definition) is 1. The van der Waals surface area contributed by atoms with Crippen LogP contribution in [0.2, 0.25) is 0 Å². The normalized spacial score (nSPS) is 12.2. The summed E-state index contributed by atoms with van der Waals surface area (Å²) in [6.45, 7) is 5.59. The van der Waals surface area contributed by atoms with Gasteiger partial charge in [0.1, 0.15) is 0 Å². The smallest absolute Gasteiger partial charge is 0.151 e. The van der Waals surface area contributed by atoms with Gasteiger partial charge in [-0.2, -0.15) is 0 Å². The second kappa shape index (κ2) is 4.80. The second-order valence-corrected chi connectivity index (χ2v) is 3.53. The molecule has 0 amide bonds. The van der Waals surface area contributed by atoms with Crippen molar-refractivity contribution in [2.75, 3.05) is 5.32 Å². The summed E-state index contributed by atoms with van der Waals surface area (Å²) in [7, 11) is 0. The maximum Gasteiger partial charge on any atom is 0.151 e. The summed E-state index contributed by atoms with van der Waals surface area (Å²) in [6, 6.07) is 8.07. The lowest BCUT2D eigenvalue weighted by molar-refractivity contribution is -0.117. The molecule has 0 radical (unpaired) electrons. The van der Waals surface area contributed by atoms with Crippen LogP contribution in [-0.2, 0) is 11.2 Å². The molecule has 0 spiro atoms. The van der Waals surface area contributed by atoms with Gasteiger partial charge in [0.25, 0.3) is 0 Å². The Hall–Kier alpha value is -1.31. The van der Waals surface area contributed by atoms with Crippen molar-refractivity contribution in [3.8, 4) is 0 Å². The molecule has 76 valence electrons. The molecule has 1 aromatic carbocycles. The highest BCUT2D eigenvalue weighted by molar-refractivity contribution is 5.83. The van der Waals surface area contributed by atoms with E-state index < -0.39 is 0 Å². The van der Waals surface area contributed by atoms with E-state index in [0.29, 0.717) is 0 Å². The molecule has 1 atom stereocenters. The number of nitrogens with one attached hydrogen (secondary N) is 1. The number of aryl methyl sites for hydroxylation is 1. The van der Waals surface area contributed by atoms with Crippen molar-refractivity contribution in [3.63, 3.8) is 0 Å². The third-order valence-corrected chi connectivity index (χ3v) is 2.36. The molecule has 0 aliphatic heterocycles. The van der Waals surface area contributed by atoms with Gasteiger partial charge in [0.05, 0.1) is 6.04 Å². The summed E-state index contributed by atoms with van der Waals surface area (Å²) in [6.07, 6.45) is 1.04. The Kier molecular flexibility index (Phi) is 3.69. The topological polar surface area (TPSA) is 29.1 Å². The molecule has 2 heteroatoms. The number of carbonyl (C=O) groups excluding carboxylic acids is 1. The van der Waals surface area contributed by atoms with Crippen molar-refractivity contribution in [2.45, 2.75) is 33.2 Å². The zero-order chi connectivity index (χ0) is 10.6. The molecule has 1 N–H and O–H groups in total. The van der Waals surface area contributed by atoms with Crippen LogP contribution in [0.1, 0.15) is 26.3 Å². The van der Waals surface area contributed by atoms with E-state index >= 15 is 0 Å². The molecule has 0 bridgehead atoms. The van der Waals surface area contributed by atoms with Crippen LogP contribution in [0.15, 0.2) is 24.3 Å². The lowest BCUT2D eigenvalue weighted by Gasteiger charge is -2.12. The highest BCUT2D eigenvalue weighted by atomic mass is 16.1. The quantitative estimate of drug-likeness (QED) is 0.792. The van der Waals surface area contributed by atoms with Gasteiger partial charge in [0, 0.05) is 5.69 Å². The SMILES string of the molecule is CCc1ccc(N[C@H](C)C(C)=O)cc1. The van der Waals surface area contributed by atoms with E-state index in [0.717, 1.165) is 12.1 Å². The van der Waals surface area contributed by atoms with Crippen molar-refractivity contribution in [1.29, 1.82) is 0 Å². The Bertz CT molecular complexity index is 303. The molecule has 0 aliphatic carbocycles. The summed E-state index contributed by atoms with van der Waals surface area (Å²) in [5.41, 5.74) is 2.32. The van der Waals surface area contributed by atoms with Gasteiger partial charge in [-0.1, -0.05) is 19.1 Å². The zero-order valence-electron chi connectivity index (χ0n) is 9.00. The van der Waals surface area contributed by atoms with Crippen molar-refractivity contribution < 1.29 is 4.79 Å². The lowest BCUT2D eigenvalue weighted by Crippen LogP contribution is -2.23. The number of rotatable bonds is 4. The molecule has 0 saturated heterocycles. The molecule has 0 saturated carbocycles. The van der Waals surface area contributed by atoms with Crippen LogP contribution in [0, 0.1) is 0 Å². The number of ketones is 1. The molecule has 2 nitrogen and oxygen atoms in total. The number of hydrogen-bond acceptors (Lipinski definition) is 2. The van der Waals surface area contributed by atoms with E-state index in [2.05, 4.69) is 24.4 Å². The Labute approximate surface area is 85.3 Å². The van der Waals surface area contributed by atoms with Gasteiger partial charge in [-0.15, -0.1) is 0 Å². The van der Waals surface area contributed by atoms with Gasteiger partial charge in [0.2, 0.25) is 0 Å². The fraction of sp³-hybridized carbons (Fsp3) is 0.417. The monoisotopic (exact) mass is 191 g/mol. The molecule has 1 aromatic rings. The molecule has 0 unspecified atom stereocenters. The summed E-state index contributed by atoms with van der Waals surface area (Å²) in [4.78, 5) is 11.0. The van der Waals surface area contributed by atoms with Crippen LogP contribution in [0.4, 0.5) is 5.69 Å². The minimum Gasteiger partial charge on any atom is -0.376 e. The first-order chi connectivity index (χ1) is 6.63. The first-order valence-electron chi connectivity index (χ1n) is 4.99. The molecular weight excluding hydrogens is 174 g/mol. The summed E-state index contributed by atoms with van der Waals surface area (Å²) >= 11 is 0. The Morgan fingerprint density at radius 1 is 1.36 bits per heavy atom. The van der Waals surface area contributed by atoms with Crippen LogP contribution in [0.25, 0.3) is 0 Å². The third kappa shape index (κ3) is 2.87. The molecule has 14 heavy (non-hydrogen) atoms. The minimum absolute atomic E-state index is 0.109. The third-order valence-electron chi connectivity index (χ3n) is 2.36. The van der Waals surface area contributed by atoms with Gasteiger partial charge < -0.3 is 5.32 Å². The van der Waals surface area contributed by atoms with Crippen molar-refractivity contribution >= 4 is 11.5 Å². The maximum absolute atomic E-state index is 11.0. The average molecular weight is 191 g/mol. The fourth-order valence-corrected chi connectivity index (χ4v) is 1.19. The Balaban J connectivity index is 2.64. The van der Waals surface area contributed by atoms with E-state index in [-0.39, 0.29) is 11.8 Å². The van der Waals surface area contributed by atoms with Crippen molar-refractivity contribution in [3.05, 3.63) is 29.8 Å². The average Bonchev–Trinajstić information content (AvgIpc) is 2.19. The number of anilines is 1. The second-order valence-electron chi connectivity index (χ2n) is 3.53. The Morgan fingerprint density at radius 2 is 1.93 bits per heavy atom. The summed E-state index contributed by atoms with van der Waals surface area (Å²) < 4.78 is 0. The van der Waals surface area contributed by atoms with Crippen molar-refractivity contribution in [2.24, 2.45) is 0 Å². The van der Waals surface area contributed by atoms with Crippen LogP contribution < -0.4 is 5.32 Å². The fourth-order valence-electron chi connectivity index (χ4n) is 1.19. The number of benzene rings is 1. The minimum atomic E-state index is -0.109. The highest BCUT2D eigenvalue weighted by Gasteiger charge is 2.05. The van der Waals surface area contributed by atoms with Gasteiger partial charge in [0.15, 0.2) is 5.78 Å². The molecular formula is C12H17NO. The van der Waals surface area contributed by atoms with Crippen LogP contribution >= 0.6 is 0 Å². The highest BCUT2D eigenvalue weighted by Crippen LogP contribution is 2.11. The van der Waals surface area contributed by atoms with Crippen LogP contribution in [0.3, 0.4) is 0 Å². The van der Waals surface area contributed by atoms with Gasteiger partial charge in [-0.3, -0.25) is 4.79 Å². The maximum atomic E-state index is 11.0. The lowest BCUT2D eigenvalue weighted by atomic mass is 10.1. The van der Waals surface area contributed by atoms with E-state index in [9.17, 15) is 4.79 Å². The van der Waals surface area contributed by atoms with E-state index in [1.807, 2.05) is 19.1 Å². The van der Waals surface area contributed by atoms with Gasteiger partial charge in [-0.05, 0) is 38.0 Å². The number of carbonyl (C=O) groups is 1. The first-order valence-corrected chi connectivity index (χ1v) is 4.99. The van der Waals surface area contributed by atoms with E-state index in [1.54, 1.807) is 6.92 Å². The van der Waals surface area contributed by atoms with Gasteiger partial charge >= 0.3 is 0 Å². The first kappa shape index (κ1) is 10.8. The van der Waals surface area contributed by atoms with Gasteiger partial charge in [-0.25, -0.2) is 0 Å². The van der Waals surface area contributed by atoms with E-state index in [1.165, 1.54) is 5.56 Å². The van der Waals surface area contributed by atoms with Crippen molar-refractivity contribution in [1.82, 2.24) is 0 Å². The Morgan fingerprint density at radius 3 is 2.36 bits per heavy atom. The predicted octanol–water partition coefficient (Wildman–Crippen LogP) is 2.64. The largest absolute Gasteiger partial charge is 0.376 e. The molecule has 0 heterocycles. The molecule has 1 rings (SSSR count). The standard InChI is InChI=1S/C12H17NO/c1-4-11-5-7-12(8-6-11)13-9(2)10(3)14/h5-9,13H,4H2,1-3H3/t9-/m1/s1. The number of Topliss-reactive ketones (excluding diaryl/α,β-unsaturated/α-hetero) is 1. The summed E-state index contributed by atoms with van der Waals surface area (Å²) in [5, 5.41) is 3.14. The van der Waals surface area contributed by atoms with E-state index in [4.69, 9.17) is 0 Å². The van der Waals surface area contributed by atoms with Crippen LogP contribution in [0.5, 0.6) is 0 Å². The predicted molar refractivity (Wildman–Crippen MR) is 59.6 cm³/mol. The molecule has 0 aromatic heterocycles. The summed E-state index contributed by atoms with van der Waals surface area (Å²) in [5.74, 6) is 0.157. The van der Waals surface area contributed by atoms with Crippen LogP contribution in [-0.4, -0.2) is 11.8 Å². The molecule has 0 aliphatic rings. The zero-order valence-corrected chi connectivity index (χ0v) is 9.00. The molecule has 0 fully saturated rings.